The second-order valence-corrected chi connectivity index (χ2v) is 7.79. The monoisotopic (exact) mass is 405 g/mol. The summed E-state index contributed by atoms with van der Waals surface area (Å²) in [5, 5.41) is 1.89. The average molecular weight is 406 g/mol. The van der Waals surface area contributed by atoms with E-state index in [1.807, 2.05) is 48.7 Å². The molecule has 7 heteroatoms. The van der Waals surface area contributed by atoms with Crippen molar-refractivity contribution in [2.24, 2.45) is 0 Å². The maximum absolute atomic E-state index is 13.2. The highest BCUT2D eigenvalue weighted by Crippen LogP contribution is 2.37. The molecule has 1 saturated heterocycles. The fourth-order valence-corrected chi connectivity index (χ4v) is 4.72. The van der Waals surface area contributed by atoms with Crippen molar-refractivity contribution in [2.45, 2.75) is 32.4 Å². The third-order valence-corrected chi connectivity index (χ3v) is 6.07. The Kier molecular flexibility index (Phi) is 6.19. The number of likely N-dealkylation sites (tertiary alicyclic amines) is 1. The zero-order chi connectivity index (χ0) is 18.1. The zero-order valence-electron chi connectivity index (χ0n) is 15.3. The molecular weight excluding hydrogens is 382 g/mol. The first-order valence-electron chi connectivity index (χ1n) is 9.17. The Hall–Kier alpha value is -1.89. The molecule has 0 saturated carbocycles. The number of piperidine rings is 1. The van der Waals surface area contributed by atoms with Crippen LogP contribution in [0.5, 0.6) is 0 Å². The molecule has 4 rings (SSSR count). The Labute approximate surface area is 170 Å². The molecule has 1 aromatic carbocycles. The number of halogens is 1. The van der Waals surface area contributed by atoms with Crippen molar-refractivity contribution in [2.75, 3.05) is 29.4 Å². The van der Waals surface area contributed by atoms with Crippen LogP contribution in [-0.2, 0) is 4.79 Å². The summed E-state index contributed by atoms with van der Waals surface area (Å²) in [7, 11) is 0. The summed E-state index contributed by atoms with van der Waals surface area (Å²) in [6, 6.07) is 11.5. The molecule has 1 fully saturated rings. The maximum atomic E-state index is 13.2. The summed E-state index contributed by atoms with van der Waals surface area (Å²) >= 11 is 1.40. The lowest BCUT2D eigenvalue weighted by Gasteiger charge is -2.42. The van der Waals surface area contributed by atoms with Crippen LogP contribution < -0.4 is 9.80 Å². The van der Waals surface area contributed by atoms with Crippen molar-refractivity contribution in [3.8, 4) is 0 Å². The summed E-state index contributed by atoms with van der Waals surface area (Å²) in [5.74, 6) is 0.0307. The molecule has 5 nitrogen and oxygen atoms in total. The molecule has 0 radical (unpaired) electrons. The van der Waals surface area contributed by atoms with Gasteiger partial charge in [-0.25, -0.2) is 0 Å². The molecule has 1 unspecified atom stereocenters. The number of carbonyl (C=O) groups is 2. The van der Waals surface area contributed by atoms with Gasteiger partial charge in [0.05, 0.1) is 12.2 Å². The van der Waals surface area contributed by atoms with Gasteiger partial charge in [0.25, 0.3) is 5.91 Å². The number of fused-ring (bicyclic) bond motifs is 1. The quantitative estimate of drug-likeness (QED) is 0.775. The van der Waals surface area contributed by atoms with Crippen LogP contribution in [0.4, 0.5) is 11.4 Å². The Bertz CT molecular complexity index is 805. The van der Waals surface area contributed by atoms with E-state index in [0.717, 1.165) is 37.3 Å². The van der Waals surface area contributed by atoms with Crippen molar-refractivity contribution in [3.05, 3.63) is 46.7 Å². The number of hydrogen-bond acceptors (Lipinski definition) is 4. The summed E-state index contributed by atoms with van der Waals surface area (Å²) in [6.07, 6.45) is 3.21. The number of nitrogens with zero attached hydrogens (tertiary/aromatic N) is 3. The van der Waals surface area contributed by atoms with E-state index < -0.39 is 0 Å². The van der Waals surface area contributed by atoms with Gasteiger partial charge in [-0.2, -0.15) is 0 Å². The Morgan fingerprint density at radius 3 is 2.52 bits per heavy atom. The van der Waals surface area contributed by atoms with Crippen LogP contribution in [0, 0.1) is 0 Å². The minimum absolute atomic E-state index is 0. The van der Waals surface area contributed by atoms with Gasteiger partial charge in [-0.3, -0.25) is 24.3 Å². The topological polar surface area (TPSA) is 43.9 Å². The van der Waals surface area contributed by atoms with Crippen molar-refractivity contribution in [1.82, 2.24) is 4.90 Å². The van der Waals surface area contributed by atoms with E-state index in [1.54, 1.807) is 9.80 Å². The zero-order valence-corrected chi connectivity index (χ0v) is 17.0. The smallest absolute Gasteiger partial charge is 0.272 e. The first-order chi connectivity index (χ1) is 12.7. The van der Waals surface area contributed by atoms with Gasteiger partial charge >= 0.3 is 0 Å². The molecule has 0 aliphatic carbocycles. The van der Waals surface area contributed by atoms with Crippen LogP contribution in [-0.4, -0.2) is 42.5 Å². The lowest BCUT2D eigenvalue weighted by molar-refractivity contribution is -0.120. The molecule has 2 aromatic rings. The Morgan fingerprint density at radius 1 is 1.11 bits per heavy atom. The first kappa shape index (κ1) is 19.9. The van der Waals surface area contributed by atoms with Gasteiger partial charge < -0.3 is 0 Å². The standard InChI is InChI=1S/C20H23N3O2S.ClH/c1-15-22(16-8-4-2-5-9-16)20(25)19-17(10-13-26-19)23(15)18(24)14-21-11-6-3-7-12-21;/h2,4-5,8-10,13,15H,3,6-7,11-12,14H2,1H3;1H. The molecule has 2 aliphatic rings. The Morgan fingerprint density at radius 2 is 1.81 bits per heavy atom. The van der Waals surface area contributed by atoms with Gasteiger partial charge in [0.1, 0.15) is 11.0 Å². The second kappa shape index (κ2) is 8.42. The largest absolute Gasteiger partial charge is 0.294 e. The van der Waals surface area contributed by atoms with Gasteiger partial charge in [-0.1, -0.05) is 24.6 Å². The predicted octanol–water partition coefficient (Wildman–Crippen LogP) is 4.00. The van der Waals surface area contributed by atoms with Crippen molar-refractivity contribution in [3.63, 3.8) is 0 Å². The molecule has 3 heterocycles. The highest BCUT2D eigenvalue weighted by molar-refractivity contribution is 7.13. The van der Waals surface area contributed by atoms with E-state index in [-0.39, 0.29) is 30.4 Å². The summed E-state index contributed by atoms with van der Waals surface area (Å²) < 4.78 is 0. The minimum Gasteiger partial charge on any atom is -0.294 e. The fraction of sp³-hybridized carbons (Fsp3) is 0.400. The maximum Gasteiger partial charge on any atom is 0.272 e. The number of carbonyl (C=O) groups excluding carboxylic acids is 2. The van der Waals surface area contributed by atoms with Gasteiger partial charge in [-0.05, 0) is 56.4 Å². The minimum atomic E-state index is -0.343. The second-order valence-electron chi connectivity index (χ2n) is 6.88. The molecule has 2 aliphatic heterocycles. The number of para-hydroxylation sites is 1. The normalized spacial score (nSPS) is 20.2. The van der Waals surface area contributed by atoms with Gasteiger partial charge in [0.15, 0.2) is 0 Å². The first-order valence-corrected chi connectivity index (χ1v) is 10.1. The van der Waals surface area contributed by atoms with Gasteiger partial charge in [0.2, 0.25) is 5.91 Å². The molecule has 27 heavy (non-hydrogen) atoms. The van der Waals surface area contributed by atoms with Crippen molar-refractivity contribution in [1.29, 1.82) is 0 Å². The number of thiophene rings is 1. The summed E-state index contributed by atoms with van der Waals surface area (Å²) in [6.45, 7) is 4.30. The fourth-order valence-electron chi connectivity index (χ4n) is 3.90. The van der Waals surface area contributed by atoms with Crippen LogP contribution in [0.2, 0.25) is 0 Å². The van der Waals surface area contributed by atoms with Crippen LogP contribution in [0.1, 0.15) is 35.9 Å². The lowest BCUT2D eigenvalue weighted by atomic mass is 10.1. The SMILES string of the molecule is CC1N(c2ccccc2)C(=O)c2sccc2N1C(=O)CN1CCCCC1.Cl. The molecule has 0 spiro atoms. The number of amides is 2. The van der Waals surface area contributed by atoms with Crippen molar-refractivity contribution < 1.29 is 9.59 Å². The molecule has 0 bridgehead atoms. The number of rotatable bonds is 3. The van der Waals surface area contributed by atoms with Crippen LogP contribution in [0.15, 0.2) is 41.8 Å². The van der Waals surface area contributed by atoms with Gasteiger partial charge in [0, 0.05) is 5.69 Å². The van der Waals surface area contributed by atoms with Crippen LogP contribution >= 0.6 is 23.7 Å². The van der Waals surface area contributed by atoms with E-state index in [9.17, 15) is 9.59 Å². The van der Waals surface area contributed by atoms with E-state index in [1.165, 1.54) is 17.8 Å². The molecule has 0 N–H and O–H groups in total. The Balaban J connectivity index is 0.00000210. The average Bonchev–Trinajstić information content (AvgIpc) is 3.13. The molecule has 2 amide bonds. The number of hydrogen-bond donors (Lipinski definition) is 0. The van der Waals surface area contributed by atoms with E-state index in [2.05, 4.69) is 4.90 Å². The highest BCUT2D eigenvalue weighted by atomic mass is 35.5. The summed E-state index contributed by atoms with van der Waals surface area (Å²) in [5.41, 5.74) is 1.57. The lowest BCUT2D eigenvalue weighted by Crippen LogP contribution is -2.57. The molecule has 1 aromatic heterocycles. The van der Waals surface area contributed by atoms with Crippen LogP contribution in [0.3, 0.4) is 0 Å². The predicted molar refractivity (Wildman–Crippen MR) is 112 cm³/mol. The molecule has 1 atom stereocenters. The van der Waals surface area contributed by atoms with E-state index >= 15 is 0 Å². The third-order valence-electron chi connectivity index (χ3n) is 5.17. The van der Waals surface area contributed by atoms with E-state index in [4.69, 9.17) is 0 Å². The van der Waals surface area contributed by atoms with Crippen LogP contribution in [0.25, 0.3) is 0 Å². The highest BCUT2D eigenvalue weighted by Gasteiger charge is 2.40. The molecular formula is C20H24ClN3O2S. The summed E-state index contributed by atoms with van der Waals surface area (Å²) in [4.78, 5) is 32.6. The van der Waals surface area contributed by atoms with Crippen molar-refractivity contribution >= 4 is 46.9 Å². The number of benzene rings is 1. The number of anilines is 2. The third kappa shape index (κ3) is 3.74. The van der Waals surface area contributed by atoms with Gasteiger partial charge in [-0.15, -0.1) is 23.7 Å². The van der Waals surface area contributed by atoms with E-state index in [0.29, 0.717) is 11.4 Å². The molecule has 144 valence electrons.